The van der Waals surface area contributed by atoms with E-state index in [1.165, 1.54) is 75.5 Å². The number of rotatable bonds is 6. The quantitative estimate of drug-likeness (QED) is 0.244. The van der Waals surface area contributed by atoms with Gasteiger partial charge in [-0.25, -0.2) is 0 Å². The Hall–Kier alpha value is -1.21. The summed E-state index contributed by atoms with van der Waals surface area (Å²) in [6.45, 7) is 15.7. The Labute approximate surface area is 211 Å². The molecular formula is C30H50N3P. The van der Waals surface area contributed by atoms with Gasteiger partial charge in [0, 0.05) is 11.4 Å². The Morgan fingerprint density at radius 3 is 1.76 bits per heavy atom. The van der Waals surface area contributed by atoms with Crippen LogP contribution >= 0.6 is 7.92 Å². The first-order valence-corrected chi connectivity index (χ1v) is 15.3. The summed E-state index contributed by atoms with van der Waals surface area (Å²) in [5, 5.41) is 3.88. The molecule has 1 N–H and O–H groups in total. The van der Waals surface area contributed by atoms with Gasteiger partial charge in [-0.05, 0) is 109 Å². The standard InChI is InChI=1S/C30H50N3P/c1-23(22-29(2,3)4)31-24-18-20-25(21-19-24)32-28(33-30(5,6)7)34(26-14-10-8-11-15-26)27-16-12-9-13-17-27/h18-21,26-27H,8-17,22H2,1-7H3,(H,32,33). The smallest absolute Gasteiger partial charge is 0.125 e. The average molecular weight is 484 g/mol. The van der Waals surface area contributed by atoms with Crippen LogP contribution in [0.25, 0.3) is 0 Å². The lowest BCUT2D eigenvalue weighted by atomic mass is 9.90. The Morgan fingerprint density at radius 1 is 0.824 bits per heavy atom. The molecule has 0 spiro atoms. The van der Waals surface area contributed by atoms with Crippen molar-refractivity contribution in [3.63, 3.8) is 0 Å². The molecule has 0 bridgehead atoms. The number of nitrogens with one attached hydrogen (secondary N) is 1. The van der Waals surface area contributed by atoms with Gasteiger partial charge in [0.15, 0.2) is 0 Å². The van der Waals surface area contributed by atoms with Gasteiger partial charge in [0.2, 0.25) is 0 Å². The van der Waals surface area contributed by atoms with E-state index in [-0.39, 0.29) is 18.9 Å². The third-order valence-corrected chi connectivity index (χ3v) is 10.2. The molecule has 0 aromatic heterocycles. The molecule has 3 rings (SSSR count). The van der Waals surface area contributed by atoms with Crippen LogP contribution in [-0.2, 0) is 0 Å². The average Bonchev–Trinajstić information content (AvgIpc) is 2.74. The highest BCUT2D eigenvalue weighted by atomic mass is 31.1. The summed E-state index contributed by atoms with van der Waals surface area (Å²) in [6, 6.07) is 8.73. The minimum atomic E-state index is -0.274. The molecule has 0 unspecified atom stereocenters. The largest absolute Gasteiger partial charge is 0.340 e. The zero-order valence-electron chi connectivity index (χ0n) is 23.1. The van der Waals surface area contributed by atoms with E-state index in [1.54, 1.807) is 0 Å². The Morgan fingerprint density at radius 2 is 1.32 bits per heavy atom. The number of hydrogen-bond acceptors (Lipinski definition) is 2. The zero-order valence-corrected chi connectivity index (χ0v) is 24.0. The summed E-state index contributed by atoms with van der Waals surface area (Å²) in [5.41, 5.74) is 6.58. The van der Waals surface area contributed by atoms with E-state index in [1.807, 2.05) is 0 Å². The molecule has 1 aromatic carbocycles. The van der Waals surface area contributed by atoms with Gasteiger partial charge in [0.1, 0.15) is 5.58 Å². The number of anilines is 1. The number of benzene rings is 1. The number of aliphatic imine (C=N–C) groups is 2. The van der Waals surface area contributed by atoms with Crippen molar-refractivity contribution in [2.24, 2.45) is 15.4 Å². The fourth-order valence-electron chi connectivity index (χ4n) is 5.61. The van der Waals surface area contributed by atoms with Crippen LogP contribution in [-0.4, -0.2) is 28.1 Å². The maximum absolute atomic E-state index is 5.37. The van der Waals surface area contributed by atoms with Gasteiger partial charge in [-0.1, -0.05) is 59.3 Å². The maximum atomic E-state index is 5.37. The lowest BCUT2D eigenvalue weighted by Crippen LogP contribution is -2.29. The van der Waals surface area contributed by atoms with Crippen molar-refractivity contribution in [3.05, 3.63) is 24.3 Å². The van der Waals surface area contributed by atoms with E-state index in [4.69, 9.17) is 9.98 Å². The van der Waals surface area contributed by atoms with E-state index in [0.29, 0.717) is 0 Å². The van der Waals surface area contributed by atoms with Gasteiger partial charge in [0.05, 0.1) is 11.2 Å². The molecule has 190 valence electrons. The SMILES string of the molecule is CC(CC(C)(C)C)=Nc1ccc(NC(=NC(C)(C)C)P(C2CCCCC2)C2CCCCC2)cc1. The van der Waals surface area contributed by atoms with Crippen molar-refractivity contribution in [1.82, 2.24) is 0 Å². The monoisotopic (exact) mass is 483 g/mol. The van der Waals surface area contributed by atoms with Crippen LogP contribution in [0.2, 0.25) is 0 Å². The normalized spacial score (nSPS) is 20.1. The molecule has 0 atom stereocenters. The highest BCUT2D eigenvalue weighted by Gasteiger charge is 2.35. The second-order valence-corrected chi connectivity index (χ2v) is 15.6. The first-order valence-electron chi connectivity index (χ1n) is 13.8. The molecule has 2 saturated carbocycles. The van der Waals surface area contributed by atoms with Crippen LogP contribution < -0.4 is 5.32 Å². The van der Waals surface area contributed by atoms with Gasteiger partial charge in [-0.3, -0.25) is 9.98 Å². The molecule has 1 aromatic rings. The van der Waals surface area contributed by atoms with Crippen LogP contribution in [0.3, 0.4) is 0 Å². The predicted octanol–water partition coefficient (Wildman–Crippen LogP) is 9.93. The van der Waals surface area contributed by atoms with E-state index >= 15 is 0 Å². The summed E-state index contributed by atoms with van der Waals surface area (Å²) in [4.78, 5) is 10.2. The van der Waals surface area contributed by atoms with Crippen molar-refractivity contribution < 1.29 is 0 Å². The van der Waals surface area contributed by atoms with Crippen molar-refractivity contribution >= 4 is 30.6 Å². The third-order valence-electron chi connectivity index (χ3n) is 6.85. The van der Waals surface area contributed by atoms with E-state index < -0.39 is 0 Å². The predicted molar refractivity (Wildman–Crippen MR) is 155 cm³/mol. The maximum Gasteiger partial charge on any atom is 0.125 e. The van der Waals surface area contributed by atoms with Gasteiger partial charge in [-0.15, -0.1) is 0 Å². The summed E-state index contributed by atoms with van der Waals surface area (Å²) in [5.74, 6) is 0. The summed E-state index contributed by atoms with van der Waals surface area (Å²) in [6.07, 6.45) is 15.0. The number of amidine groups is 1. The zero-order chi connectivity index (χ0) is 24.8. The van der Waals surface area contributed by atoms with Gasteiger partial charge in [0.25, 0.3) is 0 Å². The molecule has 0 saturated heterocycles. The van der Waals surface area contributed by atoms with E-state index in [0.717, 1.165) is 29.1 Å². The van der Waals surface area contributed by atoms with E-state index in [2.05, 4.69) is 78.0 Å². The fourth-order valence-corrected chi connectivity index (χ4v) is 9.41. The molecule has 2 aliphatic carbocycles. The molecule has 0 radical (unpaired) electrons. The lowest BCUT2D eigenvalue weighted by molar-refractivity contribution is 0.433. The van der Waals surface area contributed by atoms with Crippen molar-refractivity contribution in [1.29, 1.82) is 0 Å². The van der Waals surface area contributed by atoms with Crippen molar-refractivity contribution in [2.75, 3.05) is 5.32 Å². The highest BCUT2D eigenvalue weighted by Crippen LogP contribution is 2.57. The minimum Gasteiger partial charge on any atom is -0.340 e. The van der Waals surface area contributed by atoms with Gasteiger partial charge >= 0.3 is 0 Å². The molecule has 34 heavy (non-hydrogen) atoms. The second-order valence-electron chi connectivity index (χ2n) is 12.9. The Balaban J connectivity index is 1.85. The molecule has 2 aliphatic rings. The van der Waals surface area contributed by atoms with Gasteiger partial charge in [-0.2, -0.15) is 0 Å². The molecule has 3 nitrogen and oxygen atoms in total. The first-order chi connectivity index (χ1) is 16.0. The highest BCUT2D eigenvalue weighted by molar-refractivity contribution is 7.76. The van der Waals surface area contributed by atoms with Crippen molar-refractivity contribution in [3.8, 4) is 0 Å². The molecule has 0 aliphatic heterocycles. The third kappa shape index (κ3) is 9.10. The first kappa shape index (κ1) is 27.4. The van der Waals surface area contributed by atoms with Crippen molar-refractivity contribution in [2.45, 2.75) is 136 Å². The number of nitrogens with zero attached hydrogens (tertiary/aromatic N) is 2. The molecule has 0 amide bonds. The topological polar surface area (TPSA) is 36.8 Å². The van der Waals surface area contributed by atoms with Crippen LogP contribution in [0.4, 0.5) is 11.4 Å². The molecule has 4 heteroatoms. The van der Waals surface area contributed by atoms with Gasteiger partial charge < -0.3 is 5.32 Å². The summed E-state index contributed by atoms with van der Waals surface area (Å²) in [7, 11) is -0.274. The lowest BCUT2D eigenvalue weighted by Gasteiger charge is -2.39. The summed E-state index contributed by atoms with van der Waals surface area (Å²) >= 11 is 0. The van der Waals surface area contributed by atoms with E-state index in [9.17, 15) is 0 Å². The minimum absolute atomic E-state index is 0.0689. The van der Waals surface area contributed by atoms with Crippen LogP contribution in [0.1, 0.15) is 119 Å². The van der Waals surface area contributed by atoms with Crippen LogP contribution in [0.5, 0.6) is 0 Å². The molecule has 0 heterocycles. The Kier molecular flexibility index (Phi) is 9.79. The fraction of sp³-hybridized carbons (Fsp3) is 0.733. The van der Waals surface area contributed by atoms with Crippen LogP contribution in [0.15, 0.2) is 34.3 Å². The molecular weight excluding hydrogens is 433 g/mol. The molecule has 2 fully saturated rings. The Bertz CT molecular complexity index is 796. The van der Waals surface area contributed by atoms with Crippen LogP contribution in [0, 0.1) is 5.41 Å². The second kappa shape index (κ2) is 12.2. The number of hydrogen-bond donors (Lipinski definition) is 1. The summed E-state index contributed by atoms with van der Waals surface area (Å²) < 4.78 is 0.